The standard InChI is InChI=1S/C14H12BrClN2O/c15-7-10-2-1-3-11(6-10)8-18-14(19)12-4-5-17-9-13(12)16/h1-6,9H,7-8H2,(H,18,19). The molecule has 0 unspecified atom stereocenters. The first-order chi connectivity index (χ1) is 9.20. The second-order valence-corrected chi connectivity index (χ2v) is 4.96. The predicted molar refractivity (Wildman–Crippen MR) is 79.5 cm³/mol. The topological polar surface area (TPSA) is 42.0 Å². The molecule has 1 heterocycles. The number of pyridine rings is 1. The summed E-state index contributed by atoms with van der Waals surface area (Å²) in [5.41, 5.74) is 2.66. The quantitative estimate of drug-likeness (QED) is 0.865. The second-order valence-electron chi connectivity index (χ2n) is 3.99. The highest BCUT2D eigenvalue weighted by atomic mass is 79.9. The molecule has 3 nitrogen and oxygen atoms in total. The summed E-state index contributed by atoms with van der Waals surface area (Å²) in [7, 11) is 0. The SMILES string of the molecule is O=C(NCc1cccc(CBr)c1)c1ccncc1Cl. The first-order valence-electron chi connectivity index (χ1n) is 5.72. The highest BCUT2D eigenvalue weighted by Crippen LogP contribution is 2.13. The summed E-state index contributed by atoms with van der Waals surface area (Å²) < 4.78 is 0. The van der Waals surface area contributed by atoms with E-state index in [0.717, 1.165) is 10.9 Å². The minimum Gasteiger partial charge on any atom is -0.348 e. The number of hydrogen-bond acceptors (Lipinski definition) is 2. The van der Waals surface area contributed by atoms with Crippen molar-refractivity contribution in [3.63, 3.8) is 0 Å². The van der Waals surface area contributed by atoms with Crippen LogP contribution in [-0.2, 0) is 11.9 Å². The van der Waals surface area contributed by atoms with Crippen LogP contribution in [0.5, 0.6) is 0 Å². The average molecular weight is 340 g/mol. The number of amides is 1. The molecule has 0 bridgehead atoms. The van der Waals surface area contributed by atoms with E-state index in [1.165, 1.54) is 11.8 Å². The van der Waals surface area contributed by atoms with Crippen LogP contribution in [0.4, 0.5) is 0 Å². The second kappa shape index (κ2) is 6.68. The molecule has 0 atom stereocenters. The van der Waals surface area contributed by atoms with E-state index in [1.54, 1.807) is 12.3 Å². The van der Waals surface area contributed by atoms with Gasteiger partial charge >= 0.3 is 0 Å². The molecule has 1 amide bonds. The van der Waals surface area contributed by atoms with Crippen molar-refractivity contribution >= 4 is 33.4 Å². The molecule has 2 rings (SSSR count). The van der Waals surface area contributed by atoms with Gasteiger partial charge in [-0.15, -0.1) is 0 Å². The Kier molecular flexibility index (Phi) is 4.93. The van der Waals surface area contributed by atoms with E-state index in [1.807, 2.05) is 24.3 Å². The third kappa shape index (κ3) is 3.78. The molecule has 0 aliphatic rings. The lowest BCUT2D eigenvalue weighted by atomic mass is 10.1. The molecule has 0 fully saturated rings. The van der Waals surface area contributed by atoms with Gasteiger partial charge in [-0.05, 0) is 17.2 Å². The van der Waals surface area contributed by atoms with Crippen molar-refractivity contribution in [2.45, 2.75) is 11.9 Å². The predicted octanol–water partition coefficient (Wildman–Crippen LogP) is 3.56. The zero-order chi connectivity index (χ0) is 13.7. The molecule has 0 spiro atoms. The van der Waals surface area contributed by atoms with E-state index in [0.29, 0.717) is 17.1 Å². The van der Waals surface area contributed by atoms with E-state index < -0.39 is 0 Å². The van der Waals surface area contributed by atoms with Crippen molar-refractivity contribution < 1.29 is 4.79 Å². The van der Waals surface area contributed by atoms with Gasteiger partial charge in [-0.3, -0.25) is 9.78 Å². The minimum absolute atomic E-state index is 0.198. The number of alkyl halides is 1. The van der Waals surface area contributed by atoms with Crippen LogP contribution in [0, 0.1) is 0 Å². The smallest absolute Gasteiger partial charge is 0.253 e. The van der Waals surface area contributed by atoms with E-state index in [9.17, 15) is 4.79 Å². The Balaban J connectivity index is 2.02. The van der Waals surface area contributed by atoms with Crippen LogP contribution in [0.1, 0.15) is 21.5 Å². The van der Waals surface area contributed by atoms with E-state index in [-0.39, 0.29) is 5.91 Å². The maximum absolute atomic E-state index is 12.0. The van der Waals surface area contributed by atoms with Gasteiger partial charge in [0, 0.05) is 24.3 Å². The molecule has 2 aromatic rings. The molecule has 0 saturated carbocycles. The summed E-state index contributed by atoms with van der Waals surface area (Å²) in [6.07, 6.45) is 3.01. The molecule has 1 aromatic carbocycles. The Labute approximate surface area is 125 Å². The minimum atomic E-state index is -0.198. The molecule has 0 saturated heterocycles. The largest absolute Gasteiger partial charge is 0.348 e. The third-order valence-electron chi connectivity index (χ3n) is 2.62. The fraction of sp³-hybridized carbons (Fsp3) is 0.143. The van der Waals surface area contributed by atoms with Crippen molar-refractivity contribution in [3.8, 4) is 0 Å². The summed E-state index contributed by atoms with van der Waals surface area (Å²) in [5, 5.41) is 3.99. The molecule has 98 valence electrons. The molecule has 5 heteroatoms. The lowest BCUT2D eigenvalue weighted by Gasteiger charge is -2.07. The number of nitrogens with one attached hydrogen (secondary N) is 1. The van der Waals surface area contributed by atoms with Crippen LogP contribution in [0.3, 0.4) is 0 Å². The normalized spacial score (nSPS) is 10.2. The molecule has 19 heavy (non-hydrogen) atoms. The van der Waals surface area contributed by atoms with Gasteiger partial charge in [0.05, 0.1) is 10.6 Å². The Hall–Kier alpha value is -1.39. The molecule has 0 aliphatic carbocycles. The molecule has 1 N–H and O–H groups in total. The van der Waals surface area contributed by atoms with Crippen LogP contribution < -0.4 is 5.32 Å². The third-order valence-corrected chi connectivity index (χ3v) is 3.56. The first kappa shape index (κ1) is 14.0. The van der Waals surface area contributed by atoms with Crippen LogP contribution in [-0.4, -0.2) is 10.9 Å². The van der Waals surface area contributed by atoms with Crippen LogP contribution in [0.15, 0.2) is 42.7 Å². The van der Waals surface area contributed by atoms with Crippen molar-refractivity contribution in [1.82, 2.24) is 10.3 Å². The molecular weight excluding hydrogens is 328 g/mol. The maximum Gasteiger partial charge on any atom is 0.253 e. The Morgan fingerprint density at radius 3 is 2.84 bits per heavy atom. The van der Waals surface area contributed by atoms with Gasteiger partial charge in [-0.25, -0.2) is 0 Å². The summed E-state index contributed by atoms with van der Waals surface area (Å²) in [5.74, 6) is -0.198. The molecule has 1 aromatic heterocycles. The van der Waals surface area contributed by atoms with E-state index in [4.69, 9.17) is 11.6 Å². The Morgan fingerprint density at radius 2 is 2.11 bits per heavy atom. The van der Waals surface area contributed by atoms with E-state index in [2.05, 4.69) is 26.2 Å². The zero-order valence-electron chi connectivity index (χ0n) is 10.1. The van der Waals surface area contributed by atoms with Crippen LogP contribution >= 0.6 is 27.5 Å². The zero-order valence-corrected chi connectivity index (χ0v) is 12.4. The Bertz CT molecular complexity index is 589. The van der Waals surface area contributed by atoms with Crippen molar-refractivity contribution in [2.75, 3.05) is 0 Å². The van der Waals surface area contributed by atoms with Gasteiger partial charge < -0.3 is 5.32 Å². The molecular formula is C14H12BrClN2O. The molecule has 0 radical (unpaired) electrons. The van der Waals surface area contributed by atoms with Gasteiger partial charge in [0.25, 0.3) is 5.91 Å². The van der Waals surface area contributed by atoms with Gasteiger partial charge in [0.15, 0.2) is 0 Å². The number of aromatic nitrogens is 1. The van der Waals surface area contributed by atoms with Gasteiger partial charge in [-0.2, -0.15) is 0 Å². The fourth-order valence-electron chi connectivity index (χ4n) is 1.66. The van der Waals surface area contributed by atoms with Gasteiger partial charge in [0.1, 0.15) is 0 Å². The van der Waals surface area contributed by atoms with Gasteiger partial charge in [0.2, 0.25) is 0 Å². The summed E-state index contributed by atoms with van der Waals surface area (Å²) in [4.78, 5) is 15.8. The average Bonchev–Trinajstić information content (AvgIpc) is 2.45. The number of nitrogens with zero attached hydrogens (tertiary/aromatic N) is 1. The Morgan fingerprint density at radius 1 is 1.32 bits per heavy atom. The summed E-state index contributed by atoms with van der Waals surface area (Å²) >= 11 is 9.33. The number of hydrogen-bond donors (Lipinski definition) is 1. The highest BCUT2D eigenvalue weighted by molar-refractivity contribution is 9.08. The maximum atomic E-state index is 12.0. The number of benzene rings is 1. The monoisotopic (exact) mass is 338 g/mol. The lowest BCUT2D eigenvalue weighted by molar-refractivity contribution is 0.0951. The summed E-state index contributed by atoms with van der Waals surface area (Å²) in [6.45, 7) is 0.471. The number of carbonyl (C=O) groups excluding carboxylic acids is 1. The van der Waals surface area contributed by atoms with Crippen molar-refractivity contribution in [3.05, 3.63) is 64.4 Å². The number of halogens is 2. The van der Waals surface area contributed by atoms with Crippen LogP contribution in [0.2, 0.25) is 5.02 Å². The summed E-state index contributed by atoms with van der Waals surface area (Å²) in [6, 6.07) is 9.62. The van der Waals surface area contributed by atoms with Gasteiger partial charge in [-0.1, -0.05) is 51.8 Å². The highest BCUT2D eigenvalue weighted by Gasteiger charge is 2.09. The number of carbonyl (C=O) groups is 1. The number of rotatable bonds is 4. The van der Waals surface area contributed by atoms with E-state index >= 15 is 0 Å². The van der Waals surface area contributed by atoms with Crippen molar-refractivity contribution in [1.29, 1.82) is 0 Å². The van der Waals surface area contributed by atoms with Crippen molar-refractivity contribution in [2.24, 2.45) is 0 Å². The van der Waals surface area contributed by atoms with Crippen LogP contribution in [0.25, 0.3) is 0 Å². The lowest BCUT2D eigenvalue weighted by Crippen LogP contribution is -2.23. The first-order valence-corrected chi connectivity index (χ1v) is 7.22. The molecule has 0 aliphatic heterocycles. The fourth-order valence-corrected chi connectivity index (χ4v) is 2.21.